The number of halogens is 1. The van der Waals surface area contributed by atoms with Crippen molar-refractivity contribution in [3.05, 3.63) is 35.6 Å². The highest BCUT2D eigenvalue weighted by molar-refractivity contribution is 7.91. The van der Waals surface area contributed by atoms with Crippen LogP contribution in [0.3, 0.4) is 0 Å². The van der Waals surface area contributed by atoms with Crippen molar-refractivity contribution >= 4 is 15.9 Å². The number of aliphatic hydroxyl groups excluding tert-OH is 1. The van der Waals surface area contributed by atoms with Gasteiger partial charge in [0.15, 0.2) is 5.82 Å². The highest BCUT2D eigenvalue weighted by atomic mass is 32.2. The van der Waals surface area contributed by atoms with Crippen molar-refractivity contribution in [1.29, 1.82) is 0 Å². The molecule has 0 amide bonds. The molecule has 6 nitrogen and oxygen atoms in total. The number of aliphatic hydroxyl groups is 1. The molecule has 0 aromatic heterocycles. The van der Waals surface area contributed by atoms with E-state index in [0.717, 1.165) is 19.0 Å². The van der Waals surface area contributed by atoms with E-state index in [9.17, 15) is 23.0 Å². The summed E-state index contributed by atoms with van der Waals surface area (Å²) in [6.07, 6.45) is 4.81. The molecular weight excluding hydrogens is 299 g/mol. The van der Waals surface area contributed by atoms with Gasteiger partial charge in [0, 0.05) is 0 Å². The normalized spacial score (nSPS) is 20.8. The maximum atomic E-state index is 14.2. The summed E-state index contributed by atoms with van der Waals surface area (Å²) in [6, 6.07) is 2.60. The smallest absolute Gasteiger partial charge is 0.330 e. The van der Waals surface area contributed by atoms with Gasteiger partial charge in [-0.25, -0.2) is 13.4 Å². The van der Waals surface area contributed by atoms with E-state index in [1.807, 2.05) is 0 Å². The second-order valence-corrected chi connectivity index (χ2v) is 6.91. The Hall–Kier alpha value is -1.96. The lowest BCUT2D eigenvalue weighted by molar-refractivity contribution is 0.314. The summed E-state index contributed by atoms with van der Waals surface area (Å²) in [4.78, 5) is 0. The lowest BCUT2D eigenvalue weighted by Gasteiger charge is -2.25. The van der Waals surface area contributed by atoms with Crippen molar-refractivity contribution < 1.29 is 23.0 Å². The van der Waals surface area contributed by atoms with Gasteiger partial charge >= 0.3 is 10.2 Å². The van der Waals surface area contributed by atoms with Gasteiger partial charge in [0.25, 0.3) is 0 Å². The van der Waals surface area contributed by atoms with Crippen molar-refractivity contribution in [3.63, 3.8) is 0 Å². The van der Waals surface area contributed by atoms with Gasteiger partial charge in [0.1, 0.15) is 11.4 Å². The van der Waals surface area contributed by atoms with Gasteiger partial charge in [-0.15, -0.1) is 0 Å². The van der Waals surface area contributed by atoms with Gasteiger partial charge in [-0.3, -0.25) is 0 Å². The third-order valence-electron chi connectivity index (χ3n) is 3.80. The minimum Gasteiger partial charge on any atom is -0.506 e. The number of hydrogen-bond donors (Lipinski definition) is 3. The Kier molecular flexibility index (Phi) is 3.20. The molecule has 114 valence electrons. The average molecular weight is 314 g/mol. The summed E-state index contributed by atoms with van der Waals surface area (Å²) in [5.41, 5.74) is 0.139. The third kappa shape index (κ3) is 2.51. The van der Waals surface area contributed by atoms with Crippen molar-refractivity contribution in [2.45, 2.75) is 25.7 Å². The Bertz CT molecular complexity index is 690. The second-order valence-electron chi connectivity index (χ2n) is 5.36. The number of phenols is 1. The van der Waals surface area contributed by atoms with Gasteiger partial charge in [-0.2, -0.15) is 8.42 Å². The van der Waals surface area contributed by atoms with Gasteiger partial charge in [0.05, 0.1) is 6.20 Å². The number of nitrogens with one attached hydrogen (secondary N) is 1. The quantitative estimate of drug-likeness (QED) is 0.794. The van der Waals surface area contributed by atoms with Crippen molar-refractivity contribution in [2.75, 3.05) is 4.31 Å². The summed E-state index contributed by atoms with van der Waals surface area (Å²) in [6.45, 7) is 0. The monoisotopic (exact) mass is 314 g/mol. The zero-order valence-electron chi connectivity index (χ0n) is 11.1. The first kappa shape index (κ1) is 14.0. The Morgan fingerprint density at radius 1 is 1.33 bits per heavy atom. The van der Waals surface area contributed by atoms with Crippen LogP contribution in [0.25, 0.3) is 0 Å². The van der Waals surface area contributed by atoms with E-state index in [0.29, 0.717) is 22.2 Å². The van der Waals surface area contributed by atoms with Gasteiger partial charge in [-0.1, -0.05) is 19.3 Å². The molecule has 1 aromatic carbocycles. The SMILES string of the molecule is O=S1(=O)NC(O)=CN1c1c(O)cc(CC2CCC2)cc1F. The lowest BCUT2D eigenvalue weighted by atomic mass is 9.81. The molecule has 2 aliphatic rings. The van der Waals surface area contributed by atoms with Crippen LogP contribution in [0, 0.1) is 11.7 Å². The fourth-order valence-corrected chi connectivity index (χ4v) is 3.65. The number of nitrogens with zero attached hydrogens (tertiary/aromatic N) is 1. The molecule has 21 heavy (non-hydrogen) atoms. The summed E-state index contributed by atoms with van der Waals surface area (Å²) in [7, 11) is -4.12. The van der Waals surface area contributed by atoms with Crippen LogP contribution in [0.4, 0.5) is 10.1 Å². The number of hydrogen-bond acceptors (Lipinski definition) is 4. The number of anilines is 1. The van der Waals surface area contributed by atoms with Crippen LogP contribution < -0.4 is 9.03 Å². The van der Waals surface area contributed by atoms with Crippen molar-refractivity contribution in [2.24, 2.45) is 5.92 Å². The third-order valence-corrected chi connectivity index (χ3v) is 5.08. The minimum atomic E-state index is -4.12. The largest absolute Gasteiger partial charge is 0.506 e. The second kappa shape index (κ2) is 4.80. The summed E-state index contributed by atoms with van der Waals surface area (Å²) in [5, 5.41) is 19.2. The van der Waals surface area contributed by atoms with Gasteiger partial charge < -0.3 is 10.2 Å². The maximum Gasteiger partial charge on any atom is 0.330 e. The topological polar surface area (TPSA) is 89.9 Å². The first-order valence-corrected chi connectivity index (χ1v) is 8.05. The molecular formula is C13H15FN2O4S. The molecule has 0 unspecified atom stereocenters. The van der Waals surface area contributed by atoms with Crippen LogP contribution in [0.5, 0.6) is 5.75 Å². The highest BCUT2D eigenvalue weighted by Crippen LogP contribution is 2.37. The molecule has 1 saturated carbocycles. The van der Waals surface area contributed by atoms with E-state index in [-0.39, 0.29) is 0 Å². The summed E-state index contributed by atoms with van der Waals surface area (Å²) in [5.74, 6) is -1.45. The molecule has 0 atom stereocenters. The van der Waals surface area contributed by atoms with Crippen molar-refractivity contribution in [1.82, 2.24) is 4.72 Å². The standard InChI is InChI=1S/C13H15FN2O4S/c14-10-5-9(4-8-2-1-3-8)6-11(17)13(10)16-7-12(18)15-21(16,19)20/h5-8,15,17-18H,1-4H2. The molecule has 1 fully saturated rings. The first-order valence-electron chi connectivity index (χ1n) is 6.61. The first-order chi connectivity index (χ1) is 9.87. The molecule has 3 rings (SSSR count). The summed E-state index contributed by atoms with van der Waals surface area (Å²) < 4.78 is 39.9. The van der Waals surface area contributed by atoms with Crippen molar-refractivity contribution in [3.8, 4) is 5.75 Å². The molecule has 1 aliphatic heterocycles. The Balaban J connectivity index is 1.96. The zero-order chi connectivity index (χ0) is 15.2. The molecule has 0 radical (unpaired) electrons. The molecule has 1 aromatic rings. The van der Waals surface area contributed by atoms with Crippen LogP contribution in [0.15, 0.2) is 24.2 Å². The molecule has 1 heterocycles. The van der Waals surface area contributed by atoms with Crippen LogP contribution in [0.1, 0.15) is 24.8 Å². The predicted molar refractivity (Wildman–Crippen MR) is 74.4 cm³/mol. The van der Waals surface area contributed by atoms with E-state index in [1.165, 1.54) is 18.6 Å². The van der Waals surface area contributed by atoms with E-state index < -0.39 is 33.3 Å². The fraction of sp³-hybridized carbons (Fsp3) is 0.385. The van der Waals surface area contributed by atoms with Crippen LogP contribution in [-0.2, 0) is 16.6 Å². The van der Waals surface area contributed by atoms with Crippen LogP contribution >= 0.6 is 0 Å². The minimum absolute atomic E-state index is 0.472. The lowest BCUT2D eigenvalue weighted by Crippen LogP contribution is -2.30. The average Bonchev–Trinajstić information content (AvgIpc) is 2.57. The number of phenolic OH excluding ortho intramolecular Hbond substituents is 1. The van der Waals surface area contributed by atoms with E-state index in [4.69, 9.17) is 0 Å². The molecule has 3 N–H and O–H groups in total. The maximum absolute atomic E-state index is 14.2. The van der Waals surface area contributed by atoms with Gasteiger partial charge in [-0.05, 0) is 30.0 Å². The van der Waals surface area contributed by atoms with Crippen LogP contribution in [-0.4, -0.2) is 18.6 Å². The number of rotatable bonds is 3. The summed E-state index contributed by atoms with van der Waals surface area (Å²) >= 11 is 0. The van der Waals surface area contributed by atoms with E-state index in [2.05, 4.69) is 0 Å². The molecule has 0 spiro atoms. The molecule has 0 bridgehead atoms. The number of aromatic hydroxyl groups is 1. The number of benzene rings is 1. The highest BCUT2D eigenvalue weighted by Gasteiger charge is 2.33. The van der Waals surface area contributed by atoms with E-state index in [1.54, 1.807) is 4.72 Å². The predicted octanol–water partition coefficient (Wildman–Crippen LogP) is 1.89. The molecule has 1 aliphatic carbocycles. The molecule has 0 saturated heterocycles. The zero-order valence-corrected chi connectivity index (χ0v) is 11.9. The Morgan fingerprint density at radius 3 is 2.52 bits per heavy atom. The Morgan fingerprint density at radius 2 is 2.05 bits per heavy atom. The Labute approximate surface area is 121 Å². The van der Waals surface area contributed by atoms with Gasteiger partial charge in [0.2, 0.25) is 5.88 Å². The van der Waals surface area contributed by atoms with E-state index >= 15 is 0 Å². The molecule has 8 heteroatoms. The fourth-order valence-electron chi connectivity index (χ4n) is 2.58. The van der Waals surface area contributed by atoms with Crippen LogP contribution in [0.2, 0.25) is 0 Å².